The predicted molar refractivity (Wildman–Crippen MR) is 105 cm³/mol. The molecule has 2 nitrogen and oxygen atoms in total. The van der Waals surface area contributed by atoms with Crippen molar-refractivity contribution in [2.24, 2.45) is 0 Å². The van der Waals surface area contributed by atoms with E-state index >= 15 is 0 Å². The van der Waals surface area contributed by atoms with E-state index in [9.17, 15) is 5.26 Å². The summed E-state index contributed by atoms with van der Waals surface area (Å²) >= 11 is 1.57. The molecule has 0 aliphatic heterocycles. The van der Waals surface area contributed by atoms with Crippen molar-refractivity contribution in [2.45, 2.75) is 19.1 Å². The van der Waals surface area contributed by atoms with Gasteiger partial charge in [0, 0.05) is 24.2 Å². The maximum atomic E-state index is 9.30. The maximum Gasteiger partial charge on any atom is 0.106 e. The van der Waals surface area contributed by atoms with E-state index in [2.05, 4.69) is 42.2 Å². The van der Waals surface area contributed by atoms with Crippen molar-refractivity contribution < 1.29 is 0 Å². The molecule has 24 heavy (non-hydrogen) atoms. The van der Waals surface area contributed by atoms with Crippen LogP contribution in [0.3, 0.4) is 0 Å². The fourth-order valence-electron chi connectivity index (χ4n) is 2.24. The SMILES string of the molecule is CCCN(C=CC=C(C#N)SCc1ccccc1)c1ccccc1. The minimum absolute atomic E-state index is 0.722. The van der Waals surface area contributed by atoms with E-state index in [4.69, 9.17) is 0 Å². The van der Waals surface area contributed by atoms with Crippen LogP contribution < -0.4 is 4.90 Å². The van der Waals surface area contributed by atoms with Gasteiger partial charge >= 0.3 is 0 Å². The molecule has 0 fully saturated rings. The number of anilines is 1. The van der Waals surface area contributed by atoms with Crippen molar-refractivity contribution >= 4 is 17.4 Å². The molecule has 0 radical (unpaired) electrons. The van der Waals surface area contributed by atoms with E-state index in [-0.39, 0.29) is 0 Å². The first-order chi connectivity index (χ1) is 11.8. The lowest BCUT2D eigenvalue weighted by Gasteiger charge is -2.19. The second-order valence-electron chi connectivity index (χ2n) is 5.29. The van der Waals surface area contributed by atoms with Gasteiger partial charge in [0.15, 0.2) is 0 Å². The zero-order valence-corrected chi connectivity index (χ0v) is 14.7. The third-order valence-corrected chi connectivity index (χ3v) is 4.43. The molecule has 0 spiro atoms. The van der Waals surface area contributed by atoms with Crippen LogP contribution in [0.1, 0.15) is 18.9 Å². The molecule has 0 aromatic heterocycles. The predicted octanol–water partition coefficient (Wildman–Crippen LogP) is 5.76. The van der Waals surface area contributed by atoms with Gasteiger partial charge in [-0.2, -0.15) is 5.26 Å². The standard InChI is InChI=1S/C21H22N2S/c1-2-15-23(20-12-7-4-8-13-20)16-9-14-21(17-22)24-18-19-10-5-3-6-11-19/h3-14,16H,2,15,18H2,1H3. The first kappa shape index (κ1) is 17.9. The number of hydrogen-bond acceptors (Lipinski definition) is 3. The first-order valence-corrected chi connectivity index (χ1v) is 9.09. The van der Waals surface area contributed by atoms with Crippen molar-refractivity contribution in [1.82, 2.24) is 0 Å². The number of allylic oxidation sites excluding steroid dienone is 3. The molecule has 3 heteroatoms. The molecule has 0 saturated carbocycles. The molecule has 0 bridgehead atoms. The average molecular weight is 334 g/mol. The molecule has 2 aromatic rings. The van der Waals surface area contributed by atoms with Crippen LogP contribution in [-0.2, 0) is 5.75 Å². The number of rotatable bonds is 8. The molecule has 122 valence electrons. The van der Waals surface area contributed by atoms with Crippen LogP contribution >= 0.6 is 11.8 Å². The Hall–Kier alpha value is -2.44. The summed E-state index contributed by atoms with van der Waals surface area (Å²) < 4.78 is 0. The molecule has 0 unspecified atom stereocenters. The van der Waals surface area contributed by atoms with Gasteiger partial charge in [0.1, 0.15) is 6.07 Å². The highest BCUT2D eigenvalue weighted by Gasteiger charge is 2.00. The highest BCUT2D eigenvalue weighted by Crippen LogP contribution is 2.21. The lowest BCUT2D eigenvalue weighted by molar-refractivity contribution is 0.880. The molecule has 0 aliphatic rings. The average Bonchev–Trinajstić information content (AvgIpc) is 2.65. The zero-order chi connectivity index (χ0) is 17.0. The third kappa shape index (κ3) is 5.98. The van der Waals surface area contributed by atoms with Gasteiger partial charge in [-0.05, 0) is 36.3 Å². The Morgan fingerprint density at radius 1 is 1.08 bits per heavy atom. The monoisotopic (exact) mass is 334 g/mol. The van der Waals surface area contributed by atoms with Gasteiger partial charge < -0.3 is 4.90 Å². The summed E-state index contributed by atoms with van der Waals surface area (Å²) in [7, 11) is 0. The van der Waals surface area contributed by atoms with E-state index in [0.29, 0.717) is 0 Å². The van der Waals surface area contributed by atoms with E-state index in [0.717, 1.165) is 23.6 Å². The second-order valence-corrected chi connectivity index (χ2v) is 6.30. The Bertz CT molecular complexity index is 700. The summed E-state index contributed by atoms with van der Waals surface area (Å²) in [5.74, 6) is 0.811. The number of para-hydroxylation sites is 1. The number of benzene rings is 2. The maximum absolute atomic E-state index is 9.30. The Morgan fingerprint density at radius 2 is 1.75 bits per heavy atom. The molecular weight excluding hydrogens is 312 g/mol. The van der Waals surface area contributed by atoms with Crippen molar-refractivity contribution in [1.29, 1.82) is 5.26 Å². The Balaban J connectivity index is 1.99. The molecule has 2 rings (SSSR count). The Labute approximate surface area is 149 Å². The smallest absolute Gasteiger partial charge is 0.106 e. The van der Waals surface area contributed by atoms with Gasteiger partial charge in [0.25, 0.3) is 0 Å². The lowest BCUT2D eigenvalue weighted by Crippen LogP contribution is -2.16. The normalized spacial score (nSPS) is 11.4. The largest absolute Gasteiger partial charge is 0.348 e. The van der Waals surface area contributed by atoms with Gasteiger partial charge in [-0.15, -0.1) is 11.8 Å². The summed E-state index contributed by atoms with van der Waals surface area (Å²) in [4.78, 5) is 2.92. The van der Waals surface area contributed by atoms with Crippen LogP contribution in [-0.4, -0.2) is 6.54 Å². The van der Waals surface area contributed by atoms with Crippen molar-refractivity contribution in [3.63, 3.8) is 0 Å². The number of nitriles is 1. The van der Waals surface area contributed by atoms with Gasteiger partial charge in [-0.3, -0.25) is 0 Å². The van der Waals surface area contributed by atoms with Crippen molar-refractivity contribution in [3.05, 3.63) is 89.5 Å². The van der Waals surface area contributed by atoms with Crippen molar-refractivity contribution in [3.8, 4) is 6.07 Å². The molecule has 0 saturated heterocycles. The fourth-order valence-corrected chi connectivity index (χ4v) is 2.99. The highest BCUT2D eigenvalue weighted by atomic mass is 32.2. The van der Waals surface area contributed by atoms with Gasteiger partial charge in [-0.25, -0.2) is 0 Å². The van der Waals surface area contributed by atoms with Gasteiger partial charge in [-0.1, -0.05) is 55.5 Å². The number of hydrogen-bond donors (Lipinski definition) is 0. The molecule has 0 amide bonds. The van der Waals surface area contributed by atoms with Crippen LogP contribution in [0.2, 0.25) is 0 Å². The molecule has 2 aromatic carbocycles. The summed E-state index contributed by atoms with van der Waals surface area (Å²) in [6.45, 7) is 3.11. The molecular formula is C21H22N2S. The number of nitrogens with zero attached hydrogens (tertiary/aromatic N) is 2. The first-order valence-electron chi connectivity index (χ1n) is 8.10. The minimum atomic E-state index is 0.722. The summed E-state index contributed by atoms with van der Waals surface area (Å²) in [5.41, 5.74) is 2.39. The Morgan fingerprint density at radius 3 is 2.38 bits per heavy atom. The van der Waals surface area contributed by atoms with Gasteiger partial charge in [0.2, 0.25) is 0 Å². The van der Waals surface area contributed by atoms with Crippen LogP contribution in [0.25, 0.3) is 0 Å². The zero-order valence-electron chi connectivity index (χ0n) is 13.9. The third-order valence-electron chi connectivity index (χ3n) is 3.41. The second kappa shape index (κ2) is 10.4. The minimum Gasteiger partial charge on any atom is -0.348 e. The quantitative estimate of drug-likeness (QED) is 0.454. The van der Waals surface area contributed by atoms with E-state index < -0.39 is 0 Å². The Kier molecular flexibility index (Phi) is 7.73. The summed E-state index contributed by atoms with van der Waals surface area (Å²) in [6.07, 6.45) is 6.95. The summed E-state index contributed by atoms with van der Waals surface area (Å²) in [5, 5.41) is 9.30. The van der Waals surface area contributed by atoms with E-state index in [1.165, 1.54) is 11.3 Å². The molecule has 0 atom stereocenters. The molecule has 0 aliphatic carbocycles. The van der Waals surface area contributed by atoms with Crippen LogP contribution in [0.4, 0.5) is 5.69 Å². The van der Waals surface area contributed by atoms with Crippen LogP contribution in [0.15, 0.2) is 83.9 Å². The lowest BCUT2D eigenvalue weighted by atomic mass is 10.2. The highest BCUT2D eigenvalue weighted by molar-refractivity contribution is 8.02. The number of thioether (sulfide) groups is 1. The van der Waals surface area contributed by atoms with E-state index in [1.54, 1.807) is 11.8 Å². The molecule has 0 heterocycles. The van der Waals surface area contributed by atoms with Gasteiger partial charge in [0.05, 0.1) is 4.91 Å². The van der Waals surface area contributed by atoms with Crippen LogP contribution in [0, 0.1) is 11.3 Å². The topological polar surface area (TPSA) is 27.0 Å². The summed E-state index contributed by atoms with van der Waals surface area (Å²) in [6, 6.07) is 22.8. The van der Waals surface area contributed by atoms with Crippen LogP contribution in [0.5, 0.6) is 0 Å². The van der Waals surface area contributed by atoms with E-state index in [1.807, 2.05) is 54.8 Å². The van der Waals surface area contributed by atoms with Crippen molar-refractivity contribution in [2.75, 3.05) is 11.4 Å². The fraction of sp³-hybridized carbons (Fsp3) is 0.190. The molecule has 0 N–H and O–H groups in total.